The van der Waals surface area contributed by atoms with Gasteiger partial charge in [0.05, 0.1) is 0 Å². The average molecular weight is 224 g/mol. The number of nitrogens with one attached hydrogen (secondary N) is 1. The van der Waals surface area contributed by atoms with Gasteiger partial charge in [-0.25, -0.2) is 0 Å². The van der Waals surface area contributed by atoms with Gasteiger partial charge in [-0.15, -0.1) is 0 Å². The lowest BCUT2D eigenvalue weighted by molar-refractivity contribution is 0.251. The first kappa shape index (κ1) is 13.3. The number of aliphatic hydroxyl groups is 1. The fourth-order valence-electron chi connectivity index (χ4n) is 1.85. The monoisotopic (exact) mass is 224 g/mol. The molecule has 3 nitrogen and oxygen atoms in total. The van der Waals surface area contributed by atoms with Crippen molar-refractivity contribution in [2.24, 2.45) is 5.92 Å². The summed E-state index contributed by atoms with van der Waals surface area (Å²) in [4.78, 5) is 0. The van der Waals surface area contributed by atoms with Crippen molar-refractivity contribution >= 4 is 0 Å². The lowest BCUT2D eigenvalue weighted by Crippen LogP contribution is -2.22. The highest BCUT2D eigenvalue weighted by Crippen LogP contribution is 2.06. The predicted molar refractivity (Wildman–Crippen MR) is 67.3 cm³/mol. The Morgan fingerprint density at radius 2 is 2.25 bits per heavy atom. The normalized spacial score (nSPS) is 12.9. The molecule has 3 heteroatoms. The molecule has 0 saturated heterocycles. The molecule has 0 saturated carbocycles. The van der Waals surface area contributed by atoms with E-state index in [0.717, 1.165) is 32.5 Å². The van der Waals surface area contributed by atoms with Crippen molar-refractivity contribution in [3.05, 3.63) is 24.0 Å². The van der Waals surface area contributed by atoms with Crippen molar-refractivity contribution in [2.45, 2.75) is 39.8 Å². The van der Waals surface area contributed by atoms with E-state index in [4.69, 9.17) is 5.11 Å². The third-order valence-electron chi connectivity index (χ3n) is 3.05. The van der Waals surface area contributed by atoms with Crippen LogP contribution in [-0.2, 0) is 13.1 Å². The van der Waals surface area contributed by atoms with Crippen LogP contribution in [0.1, 0.15) is 32.3 Å². The van der Waals surface area contributed by atoms with Crippen molar-refractivity contribution in [2.75, 3.05) is 13.2 Å². The van der Waals surface area contributed by atoms with Gasteiger partial charge in [0.15, 0.2) is 0 Å². The van der Waals surface area contributed by atoms with Crippen LogP contribution >= 0.6 is 0 Å². The number of aryl methyl sites for hydroxylation is 1. The zero-order valence-corrected chi connectivity index (χ0v) is 10.4. The Morgan fingerprint density at radius 1 is 1.44 bits per heavy atom. The lowest BCUT2D eigenvalue weighted by Gasteiger charge is -2.13. The molecule has 0 aliphatic heterocycles. The Kier molecular flexibility index (Phi) is 6.19. The van der Waals surface area contributed by atoms with Gasteiger partial charge in [-0.2, -0.15) is 0 Å². The SMILES string of the molecule is CCC(CCO)CNCc1ccn(CC)c1. The van der Waals surface area contributed by atoms with Crippen LogP contribution in [0.15, 0.2) is 18.5 Å². The topological polar surface area (TPSA) is 37.2 Å². The smallest absolute Gasteiger partial charge is 0.0434 e. The molecule has 92 valence electrons. The van der Waals surface area contributed by atoms with E-state index in [1.165, 1.54) is 5.56 Å². The molecule has 1 aromatic heterocycles. The van der Waals surface area contributed by atoms with Gasteiger partial charge in [0.1, 0.15) is 0 Å². The second kappa shape index (κ2) is 7.47. The molecule has 2 N–H and O–H groups in total. The molecule has 0 bridgehead atoms. The fourth-order valence-corrected chi connectivity index (χ4v) is 1.85. The molecular formula is C13H24N2O. The maximum absolute atomic E-state index is 8.89. The summed E-state index contributed by atoms with van der Waals surface area (Å²) in [5, 5.41) is 12.3. The van der Waals surface area contributed by atoms with E-state index in [0.29, 0.717) is 12.5 Å². The first-order valence-corrected chi connectivity index (χ1v) is 6.26. The molecule has 1 atom stereocenters. The molecule has 0 radical (unpaired) electrons. The van der Waals surface area contributed by atoms with Crippen LogP contribution in [0.5, 0.6) is 0 Å². The van der Waals surface area contributed by atoms with E-state index in [-0.39, 0.29) is 0 Å². The Morgan fingerprint density at radius 3 is 2.81 bits per heavy atom. The highest BCUT2D eigenvalue weighted by Gasteiger charge is 2.04. The van der Waals surface area contributed by atoms with Gasteiger partial charge < -0.3 is 15.0 Å². The van der Waals surface area contributed by atoms with Crippen LogP contribution in [-0.4, -0.2) is 22.8 Å². The Labute approximate surface area is 98.5 Å². The Hall–Kier alpha value is -0.800. The fraction of sp³-hybridized carbons (Fsp3) is 0.692. The number of aliphatic hydroxyl groups excluding tert-OH is 1. The standard InChI is InChI=1S/C13H24N2O/c1-3-12(6-8-16)9-14-10-13-5-7-15(4-2)11-13/h5,7,11-12,14,16H,3-4,6,8-10H2,1-2H3. The quantitative estimate of drug-likeness (QED) is 0.709. The summed E-state index contributed by atoms with van der Waals surface area (Å²) in [6.07, 6.45) is 6.32. The molecule has 1 unspecified atom stereocenters. The van der Waals surface area contributed by atoms with Gasteiger partial charge in [-0.05, 0) is 37.4 Å². The van der Waals surface area contributed by atoms with Gasteiger partial charge in [0.2, 0.25) is 0 Å². The van der Waals surface area contributed by atoms with Crippen LogP contribution in [0.2, 0.25) is 0 Å². The first-order valence-electron chi connectivity index (χ1n) is 6.26. The summed E-state index contributed by atoms with van der Waals surface area (Å²) in [5.74, 6) is 0.596. The highest BCUT2D eigenvalue weighted by molar-refractivity contribution is 5.09. The van der Waals surface area contributed by atoms with E-state index < -0.39 is 0 Å². The largest absolute Gasteiger partial charge is 0.396 e. The molecule has 0 aliphatic carbocycles. The summed E-state index contributed by atoms with van der Waals surface area (Å²) in [7, 11) is 0. The molecule has 1 rings (SSSR count). The second-order valence-electron chi connectivity index (χ2n) is 4.27. The first-order chi connectivity index (χ1) is 7.80. The number of hydrogen-bond acceptors (Lipinski definition) is 2. The second-order valence-corrected chi connectivity index (χ2v) is 4.27. The lowest BCUT2D eigenvalue weighted by atomic mass is 10.0. The molecule has 1 aromatic rings. The maximum atomic E-state index is 8.89. The summed E-state index contributed by atoms with van der Waals surface area (Å²) in [5.41, 5.74) is 1.33. The van der Waals surface area contributed by atoms with Crippen LogP contribution in [0.3, 0.4) is 0 Å². The van der Waals surface area contributed by atoms with Crippen molar-refractivity contribution in [1.29, 1.82) is 0 Å². The van der Waals surface area contributed by atoms with Gasteiger partial charge >= 0.3 is 0 Å². The molecule has 0 spiro atoms. The zero-order valence-electron chi connectivity index (χ0n) is 10.4. The van der Waals surface area contributed by atoms with E-state index in [9.17, 15) is 0 Å². The van der Waals surface area contributed by atoms with Gasteiger partial charge in [0, 0.05) is 32.1 Å². The number of aromatic nitrogens is 1. The summed E-state index contributed by atoms with van der Waals surface area (Å²) in [6, 6.07) is 2.16. The van der Waals surface area contributed by atoms with Crippen molar-refractivity contribution in [3.8, 4) is 0 Å². The molecule has 0 aromatic carbocycles. The third kappa shape index (κ3) is 4.37. The minimum atomic E-state index is 0.298. The van der Waals surface area contributed by atoms with Crippen LogP contribution in [0.25, 0.3) is 0 Å². The van der Waals surface area contributed by atoms with Crippen molar-refractivity contribution < 1.29 is 5.11 Å². The van der Waals surface area contributed by atoms with Crippen molar-refractivity contribution in [1.82, 2.24) is 9.88 Å². The molecular weight excluding hydrogens is 200 g/mol. The molecule has 0 fully saturated rings. The molecule has 0 aliphatic rings. The van der Waals surface area contributed by atoms with Gasteiger partial charge in [-0.3, -0.25) is 0 Å². The molecule has 0 amide bonds. The van der Waals surface area contributed by atoms with E-state index in [1.54, 1.807) is 0 Å². The number of rotatable bonds is 8. The average Bonchev–Trinajstić information content (AvgIpc) is 2.76. The Bertz CT molecular complexity index is 283. The van der Waals surface area contributed by atoms with Gasteiger partial charge in [0.25, 0.3) is 0 Å². The summed E-state index contributed by atoms with van der Waals surface area (Å²) < 4.78 is 2.18. The van der Waals surface area contributed by atoms with Gasteiger partial charge in [-0.1, -0.05) is 13.3 Å². The van der Waals surface area contributed by atoms with E-state index >= 15 is 0 Å². The predicted octanol–water partition coefficient (Wildman–Crippen LogP) is 2.01. The minimum Gasteiger partial charge on any atom is -0.396 e. The summed E-state index contributed by atoms with van der Waals surface area (Å²) >= 11 is 0. The third-order valence-corrected chi connectivity index (χ3v) is 3.05. The molecule has 16 heavy (non-hydrogen) atoms. The van der Waals surface area contributed by atoms with E-state index in [1.807, 2.05) is 0 Å². The minimum absolute atomic E-state index is 0.298. The molecule has 1 heterocycles. The number of nitrogens with zero attached hydrogens (tertiary/aromatic N) is 1. The zero-order chi connectivity index (χ0) is 11.8. The van der Waals surface area contributed by atoms with Crippen molar-refractivity contribution in [3.63, 3.8) is 0 Å². The summed E-state index contributed by atoms with van der Waals surface area (Å²) in [6.45, 7) is 7.57. The van der Waals surface area contributed by atoms with Crippen LogP contribution in [0, 0.1) is 5.92 Å². The number of hydrogen-bond donors (Lipinski definition) is 2. The maximum Gasteiger partial charge on any atom is 0.0434 e. The van der Waals surface area contributed by atoms with Crippen LogP contribution < -0.4 is 5.32 Å². The van der Waals surface area contributed by atoms with E-state index in [2.05, 4.69) is 42.2 Å². The van der Waals surface area contributed by atoms with Crippen LogP contribution in [0.4, 0.5) is 0 Å². The highest BCUT2D eigenvalue weighted by atomic mass is 16.3. The Balaban J connectivity index is 2.23.